The molecule has 7 heteroatoms. The molecule has 4 rings (SSSR count). The van der Waals surface area contributed by atoms with Gasteiger partial charge in [0.15, 0.2) is 0 Å². The molecule has 0 aliphatic carbocycles. The maximum atomic E-state index is 12.4. The van der Waals surface area contributed by atoms with E-state index in [1.165, 1.54) is 5.69 Å². The van der Waals surface area contributed by atoms with Crippen LogP contribution >= 0.6 is 0 Å². The highest BCUT2D eigenvalue weighted by Gasteiger charge is 2.13. The normalized spacial score (nSPS) is 13.8. The molecule has 0 atom stereocenters. The number of benzene rings is 1. The Bertz CT molecular complexity index is 859. The van der Waals surface area contributed by atoms with Gasteiger partial charge >= 0.3 is 0 Å². The molecule has 3 heterocycles. The molecule has 0 fully saturated rings. The Kier molecular flexibility index (Phi) is 4.79. The lowest BCUT2D eigenvalue weighted by molar-refractivity contribution is -0.121. The van der Waals surface area contributed by atoms with Gasteiger partial charge in [0.05, 0.1) is 17.9 Å². The predicted molar refractivity (Wildman–Crippen MR) is 98.1 cm³/mol. The maximum absolute atomic E-state index is 12.4. The Morgan fingerprint density at radius 3 is 3.04 bits per heavy atom. The largest absolute Gasteiger partial charge is 0.349 e. The van der Waals surface area contributed by atoms with Crippen molar-refractivity contribution in [3.05, 3.63) is 60.2 Å². The van der Waals surface area contributed by atoms with Gasteiger partial charge in [-0.1, -0.05) is 30.3 Å². The van der Waals surface area contributed by atoms with E-state index < -0.39 is 0 Å². The standard InChI is InChI=1S/C19H22N6O/c26-18(14-24-10-8-21-19(24)15-5-2-1-3-6-15)22-12-16-11-17-13-20-7-4-9-25(17)23-16/h1-3,5-6,8,10-11,20H,4,7,9,12-14H2,(H,22,26). The molecule has 0 radical (unpaired) electrons. The number of amides is 1. The first-order valence-corrected chi connectivity index (χ1v) is 8.89. The molecule has 26 heavy (non-hydrogen) atoms. The smallest absolute Gasteiger partial charge is 0.240 e. The van der Waals surface area contributed by atoms with Gasteiger partial charge in [-0.25, -0.2) is 4.98 Å². The van der Waals surface area contributed by atoms with Crippen LogP contribution < -0.4 is 10.6 Å². The minimum atomic E-state index is -0.0542. The van der Waals surface area contributed by atoms with Crippen LogP contribution in [0, 0.1) is 0 Å². The number of aromatic nitrogens is 4. The van der Waals surface area contributed by atoms with E-state index in [4.69, 9.17) is 0 Å². The van der Waals surface area contributed by atoms with E-state index in [1.54, 1.807) is 6.20 Å². The highest BCUT2D eigenvalue weighted by Crippen LogP contribution is 2.16. The van der Waals surface area contributed by atoms with Crippen molar-refractivity contribution in [2.75, 3.05) is 6.54 Å². The highest BCUT2D eigenvalue weighted by molar-refractivity contribution is 5.76. The second-order valence-electron chi connectivity index (χ2n) is 6.40. The quantitative estimate of drug-likeness (QED) is 0.732. The Morgan fingerprint density at radius 2 is 2.15 bits per heavy atom. The molecular weight excluding hydrogens is 328 g/mol. The number of rotatable bonds is 5. The number of hydrogen-bond acceptors (Lipinski definition) is 4. The number of hydrogen-bond donors (Lipinski definition) is 2. The van der Waals surface area contributed by atoms with E-state index in [0.29, 0.717) is 6.54 Å². The van der Waals surface area contributed by atoms with Crippen molar-refractivity contribution >= 4 is 5.91 Å². The lowest BCUT2D eigenvalue weighted by Crippen LogP contribution is -2.27. The van der Waals surface area contributed by atoms with E-state index in [0.717, 1.165) is 43.1 Å². The summed E-state index contributed by atoms with van der Waals surface area (Å²) < 4.78 is 3.89. The first-order valence-electron chi connectivity index (χ1n) is 8.89. The fourth-order valence-corrected chi connectivity index (χ4v) is 3.19. The van der Waals surface area contributed by atoms with Crippen LogP contribution in [0.25, 0.3) is 11.4 Å². The van der Waals surface area contributed by atoms with E-state index in [1.807, 2.05) is 45.8 Å². The molecule has 0 saturated carbocycles. The molecule has 3 aromatic rings. The number of carbonyl (C=O) groups is 1. The van der Waals surface area contributed by atoms with Crippen molar-refractivity contribution < 1.29 is 4.79 Å². The number of nitrogens with zero attached hydrogens (tertiary/aromatic N) is 4. The monoisotopic (exact) mass is 350 g/mol. The molecule has 1 aromatic carbocycles. The van der Waals surface area contributed by atoms with Gasteiger partial charge in [0.1, 0.15) is 12.4 Å². The van der Waals surface area contributed by atoms with Gasteiger partial charge in [-0.15, -0.1) is 0 Å². The summed E-state index contributed by atoms with van der Waals surface area (Å²) in [6.07, 6.45) is 4.62. The van der Waals surface area contributed by atoms with Gasteiger partial charge in [-0.3, -0.25) is 9.48 Å². The fraction of sp³-hybridized carbons (Fsp3) is 0.316. The molecular formula is C19H22N6O. The lowest BCUT2D eigenvalue weighted by Gasteiger charge is -2.08. The van der Waals surface area contributed by atoms with Crippen molar-refractivity contribution in [3.63, 3.8) is 0 Å². The zero-order chi connectivity index (χ0) is 17.8. The SMILES string of the molecule is O=C(Cn1ccnc1-c1ccccc1)NCc1cc2n(n1)CCCNC2. The van der Waals surface area contributed by atoms with Crippen molar-refractivity contribution in [1.29, 1.82) is 0 Å². The summed E-state index contributed by atoms with van der Waals surface area (Å²) in [4.78, 5) is 16.7. The van der Waals surface area contributed by atoms with Crippen LogP contribution in [0.15, 0.2) is 48.8 Å². The third-order valence-corrected chi connectivity index (χ3v) is 4.47. The summed E-state index contributed by atoms with van der Waals surface area (Å²) >= 11 is 0. The Labute approximate surface area is 152 Å². The van der Waals surface area contributed by atoms with Gasteiger partial charge in [-0.05, 0) is 19.0 Å². The number of carbonyl (C=O) groups excluding carboxylic acids is 1. The van der Waals surface area contributed by atoms with E-state index in [9.17, 15) is 4.79 Å². The van der Waals surface area contributed by atoms with Crippen molar-refractivity contribution in [1.82, 2.24) is 30.0 Å². The third-order valence-electron chi connectivity index (χ3n) is 4.47. The summed E-state index contributed by atoms with van der Waals surface area (Å²) in [6.45, 7) is 3.44. The van der Waals surface area contributed by atoms with Crippen LogP contribution in [0.4, 0.5) is 0 Å². The average Bonchev–Trinajstić information content (AvgIpc) is 3.22. The van der Waals surface area contributed by atoms with Crippen LogP contribution in [0.1, 0.15) is 17.8 Å². The Morgan fingerprint density at radius 1 is 1.27 bits per heavy atom. The minimum absolute atomic E-state index is 0.0542. The predicted octanol–water partition coefficient (Wildman–Crippen LogP) is 1.56. The molecule has 1 aliphatic rings. The maximum Gasteiger partial charge on any atom is 0.240 e. The van der Waals surface area contributed by atoms with Crippen LogP contribution in [0.2, 0.25) is 0 Å². The molecule has 134 valence electrons. The molecule has 7 nitrogen and oxygen atoms in total. The van der Waals surface area contributed by atoms with Gasteiger partial charge < -0.3 is 15.2 Å². The Hall–Kier alpha value is -2.93. The summed E-state index contributed by atoms with van der Waals surface area (Å²) in [5.41, 5.74) is 3.06. The molecule has 2 aromatic heterocycles. The van der Waals surface area contributed by atoms with E-state index in [-0.39, 0.29) is 12.5 Å². The molecule has 1 amide bonds. The first-order chi connectivity index (χ1) is 12.8. The number of imidazole rings is 1. The zero-order valence-corrected chi connectivity index (χ0v) is 14.6. The lowest BCUT2D eigenvalue weighted by atomic mass is 10.2. The Balaban J connectivity index is 1.37. The molecule has 0 unspecified atom stereocenters. The molecule has 0 saturated heterocycles. The topological polar surface area (TPSA) is 76.8 Å². The third kappa shape index (κ3) is 3.67. The summed E-state index contributed by atoms with van der Waals surface area (Å²) in [7, 11) is 0. The molecule has 0 spiro atoms. The fourth-order valence-electron chi connectivity index (χ4n) is 3.19. The summed E-state index contributed by atoms with van der Waals surface area (Å²) in [5.74, 6) is 0.738. The van der Waals surface area contributed by atoms with Crippen LogP contribution in [-0.2, 0) is 31.0 Å². The molecule has 0 bridgehead atoms. The van der Waals surface area contributed by atoms with Gasteiger partial charge in [0.25, 0.3) is 0 Å². The molecule has 2 N–H and O–H groups in total. The van der Waals surface area contributed by atoms with E-state index >= 15 is 0 Å². The van der Waals surface area contributed by atoms with Gasteiger partial charge in [0.2, 0.25) is 5.91 Å². The van der Waals surface area contributed by atoms with Crippen LogP contribution in [-0.4, -0.2) is 31.8 Å². The van der Waals surface area contributed by atoms with Crippen molar-refractivity contribution in [2.45, 2.75) is 32.6 Å². The second-order valence-corrected chi connectivity index (χ2v) is 6.40. The highest BCUT2D eigenvalue weighted by atomic mass is 16.1. The average molecular weight is 350 g/mol. The first kappa shape index (κ1) is 16.5. The minimum Gasteiger partial charge on any atom is -0.349 e. The van der Waals surface area contributed by atoms with Crippen molar-refractivity contribution in [3.8, 4) is 11.4 Å². The van der Waals surface area contributed by atoms with Crippen LogP contribution in [0.3, 0.4) is 0 Å². The second kappa shape index (κ2) is 7.53. The van der Waals surface area contributed by atoms with Gasteiger partial charge in [-0.2, -0.15) is 5.10 Å². The van der Waals surface area contributed by atoms with Crippen molar-refractivity contribution in [2.24, 2.45) is 0 Å². The van der Waals surface area contributed by atoms with Gasteiger partial charge in [0, 0.05) is 31.0 Å². The summed E-state index contributed by atoms with van der Waals surface area (Å²) in [6, 6.07) is 11.9. The van der Waals surface area contributed by atoms with Crippen LogP contribution in [0.5, 0.6) is 0 Å². The number of fused-ring (bicyclic) bond motifs is 1. The summed E-state index contributed by atoms with van der Waals surface area (Å²) in [5, 5.41) is 10.9. The number of aryl methyl sites for hydroxylation is 1. The van der Waals surface area contributed by atoms with E-state index in [2.05, 4.69) is 26.8 Å². The zero-order valence-electron chi connectivity index (χ0n) is 14.6. The number of nitrogens with one attached hydrogen (secondary N) is 2. The molecule has 1 aliphatic heterocycles.